The molecule has 1 amide bonds. The molecule has 94 valence electrons. The second-order valence-electron chi connectivity index (χ2n) is 5.01. The Balaban J connectivity index is 1.98. The van der Waals surface area contributed by atoms with Crippen molar-refractivity contribution in [2.75, 3.05) is 5.01 Å². The molecule has 1 aromatic carbocycles. The van der Waals surface area contributed by atoms with E-state index in [1.54, 1.807) is 0 Å². The number of hydrogen-bond donors (Lipinski definition) is 1. The van der Waals surface area contributed by atoms with Crippen molar-refractivity contribution in [2.45, 2.75) is 38.7 Å². The molecule has 0 spiro atoms. The van der Waals surface area contributed by atoms with Gasteiger partial charge in [0, 0.05) is 5.71 Å². The predicted octanol–water partition coefficient (Wildman–Crippen LogP) is 2.17. The minimum Gasteiger partial charge on any atom is -0.388 e. The molecule has 4 heteroatoms. The zero-order chi connectivity index (χ0) is 12.7. The Labute approximate surface area is 106 Å². The van der Waals surface area contributed by atoms with Crippen molar-refractivity contribution in [1.29, 1.82) is 0 Å². The maximum atomic E-state index is 11.8. The van der Waals surface area contributed by atoms with Crippen LogP contribution in [0.15, 0.2) is 23.3 Å². The van der Waals surface area contributed by atoms with E-state index in [1.807, 2.05) is 25.1 Å². The number of nitrogens with zero attached hydrogens (tertiary/aromatic N) is 2. The van der Waals surface area contributed by atoms with Gasteiger partial charge >= 0.3 is 0 Å². The number of carbonyl (C=O) groups excluding carboxylic acids is 1. The Morgan fingerprint density at radius 3 is 3.00 bits per heavy atom. The number of rotatable bonds is 1. The van der Waals surface area contributed by atoms with Crippen LogP contribution < -0.4 is 5.01 Å². The average Bonchev–Trinajstić information content (AvgIpc) is 2.68. The van der Waals surface area contributed by atoms with E-state index in [1.165, 1.54) is 5.01 Å². The van der Waals surface area contributed by atoms with Crippen LogP contribution in [0.25, 0.3) is 0 Å². The highest BCUT2D eigenvalue weighted by atomic mass is 16.3. The summed E-state index contributed by atoms with van der Waals surface area (Å²) < 4.78 is 0. The van der Waals surface area contributed by atoms with Crippen LogP contribution in [0.2, 0.25) is 0 Å². The first-order valence-electron chi connectivity index (χ1n) is 6.33. The molecule has 0 radical (unpaired) electrons. The maximum Gasteiger partial charge on any atom is 0.253 e. The van der Waals surface area contributed by atoms with E-state index in [0.29, 0.717) is 6.42 Å². The molecule has 1 atom stereocenters. The van der Waals surface area contributed by atoms with Gasteiger partial charge in [-0.1, -0.05) is 6.07 Å². The Bertz CT molecular complexity index is 537. The highest BCUT2D eigenvalue weighted by molar-refractivity contribution is 6.12. The van der Waals surface area contributed by atoms with Gasteiger partial charge in [-0.3, -0.25) is 4.79 Å². The fourth-order valence-electron chi connectivity index (χ4n) is 2.66. The maximum absolute atomic E-state index is 11.8. The van der Waals surface area contributed by atoms with Gasteiger partial charge in [0.1, 0.15) is 0 Å². The van der Waals surface area contributed by atoms with Crippen molar-refractivity contribution in [1.82, 2.24) is 0 Å². The Morgan fingerprint density at radius 1 is 1.44 bits per heavy atom. The number of aryl methyl sites for hydroxylation is 1. The lowest BCUT2D eigenvalue weighted by molar-refractivity contribution is -0.116. The normalized spacial score (nSPS) is 23.0. The molecular weight excluding hydrogens is 228 g/mol. The van der Waals surface area contributed by atoms with E-state index in [9.17, 15) is 9.90 Å². The molecule has 0 saturated heterocycles. The van der Waals surface area contributed by atoms with Gasteiger partial charge in [0.05, 0.1) is 18.2 Å². The third-order valence-corrected chi connectivity index (χ3v) is 3.57. The van der Waals surface area contributed by atoms with E-state index >= 15 is 0 Å². The summed E-state index contributed by atoms with van der Waals surface area (Å²) in [5, 5.41) is 15.6. The van der Waals surface area contributed by atoms with Crippen LogP contribution >= 0.6 is 0 Å². The Kier molecular flexibility index (Phi) is 2.67. The van der Waals surface area contributed by atoms with Crippen LogP contribution in [-0.4, -0.2) is 16.7 Å². The molecule has 1 aromatic rings. The summed E-state index contributed by atoms with van der Waals surface area (Å²) >= 11 is 0. The first-order chi connectivity index (χ1) is 8.65. The van der Waals surface area contributed by atoms with Gasteiger partial charge in [-0.25, -0.2) is 5.01 Å². The van der Waals surface area contributed by atoms with E-state index < -0.39 is 0 Å². The third-order valence-electron chi connectivity index (χ3n) is 3.57. The summed E-state index contributed by atoms with van der Waals surface area (Å²) in [4.78, 5) is 11.8. The highest BCUT2D eigenvalue weighted by Crippen LogP contribution is 2.33. The fraction of sp³-hybridized carbons (Fsp3) is 0.429. The molecule has 1 aliphatic carbocycles. The van der Waals surface area contributed by atoms with Gasteiger partial charge in [-0.2, -0.15) is 5.10 Å². The molecule has 0 aromatic heterocycles. The second kappa shape index (κ2) is 4.21. The molecule has 4 nitrogen and oxygen atoms in total. The van der Waals surface area contributed by atoms with Crippen LogP contribution in [0.5, 0.6) is 0 Å². The number of anilines is 1. The van der Waals surface area contributed by atoms with Crippen molar-refractivity contribution in [3.05, 3.63) is 29.3 Å². The van der Waals surface area contributed by atoms with Gasteiger partial charge in [0.15, 0.2) is 0 Å². The third kappa shape index (κ3) is 1.82. The molecule has 1 aliphatic heterocycles. The fourth-order valence-corrected chi connectivity index (χ4v) is 2.66. The average molecular weight is 244 g/mol. The molecule has 0 bridgehead atoms. The van der Waals surface area contributed by atoms with Crippen LogP contribution in [0.1, 0.15) is 43.4 Å². The van der Waals surface area contributed by atoms with Gasteiger partial charge in [0.2, 0.25) is 0 Å². The lowest BCUT2D eigenvalue weighted by atomic mass is 9.89. The smallest absolute Gasteiger partial charge is 0.253 e. The van der Waals surface area contributed by atoms with Gasteiger partial charge in [-0.05, 0) is 49.4 Å². The summed E-state index contributed by atoms with van der Waals surface area (Å²) in [5.74, 6) is 0.0174. The van der Waals surface area contributed by atoms with E-state index in [0.717, 1.165) is 41.8 Å². The number of hydrogen-bond acceptors (Lipinski definition) is 3. The quantitative estimate of drug-likeness (QED) is 0.823. The van der Waals surface area contributed by atoms with E-state index in [-0.39, 0.29) is 12.0 Å². The monoisotopic (exact) mass is 244 g/mol. The molecular formula is C14H16N2O2. The molecule has 18 heavy (non-hydrogen) atoms. The summed E-state index contributed by atoms with van der Waals surface area (Å²) in [5.41, 5.74) is 3.79. The largest absolute Gasteiger partial charge is 0.388 e. The lowest BCUT2D eigenvalue weighted by Gasteiger charge is -2.23. The summed E-state index contributed by atoms with van der Waals surface area (Å²) in [6.45, 7) is 1.86. The van der Waals surface area contributed by atoms with E-state index in [4.69, 9.17) is 0 Å². The van der Waals surface area contributed by atoms with E-state index in [2.05, 4.69) is 5.10 Å². The second-order valence-corrected chi connectivity index (χ2v) is 5.01. The molecule has 1 heterocycles. The van der Waals surface area contributed by atoms with Crippen molar-refractivity contribution in [2.24, 2.45) is 5.10 Å². The van der Waals surface area contributed by atoms with Crippen molar-refractivity contribution in [3.63, 3.8) is 0 Å². The minimum atomic E-state index is -0.359. The van der Waals surface area contributed by atoms with Crippen molar-refractivity contribution >= 4 is 17.3 Å². The van der Waals surface area contributed by atoms with Crippen LogP contribution in [0.3, 0.4) is 0 Å². The number of aliphatic hydroxyl groups is 1. The number of aliphatic hydroxyl groups excluding tert-OH is 1. The summed E-state index contributed by atoms with van der Waals surface area (Å²) in [7, 11) is 0. The first-order valence-corrected chi connectivity index (χ1v) is 6.33. The summed E-state index contributed by atoms with van der Waals surface area (Å²) in [6.07, 6.45) is 2.83. The molecule has 3 rings (SSSR count). The Morgan fingerprint density at radius 2 is 2.28 bits per heavy atom. The van der Waals surface area contributed by atoms with Crippen LogP contribution in [-0.2, 0) is 11.2 Å². The van der Waals surface area contributed by atoms with Gasteiger partial charge < -0.3 is 5.11 Å². The van der Waals surface area contributed by atoms with Gasteiger partial charge in [-0.15, -0.1) is 0 Å². The van der Waals surface area contributed by atoms with Crippen LogP contribution in [0, 0.1) is 0 Å². The SMILES string of the molecule is CC1=NN(c2ccc3c(c2)CCCC3O)C(=O)C1. The predicted molar refractivity (Wildman–Crippen MR) is 69.6 cm³/mol. The number of hydrazone groups is 1. The number of benzene rings is 1. The first kappa shape index (κ1) is 11.4. The Hall–Kier alpha value is -1.68. The van der Waals surface area contributed by atoms with Crippen molar-refractivity contribution < 1.29 is 9.90 Å². The van der Waals surface area contributed by atoms with Crippen LogP contribution in [0.4, 0.5) is 5.69 Å². The van der Waals surface area contributed by atoms with Crippen molar-refractivity contribution in [3.8, 4) is 0 Å². The number of amides is 1. The lowest BCUT2D eigenvalue weighted by Crippen LogP contribution is -2.20. The summed E-state index contributed by atoms with van der Waals surface area (Å²) in [6, 6.07) is 5.77. The van der Waals surface area contributed by atoms with Gasteiger partial charge in [0.25, 0.3) is 5.91 Å². The molecule has 1 N–H and O–H groups in total. The molecule has 0 saturated carbocycles. The highest BCUT2D eigenvalue weighted by Gasteiger charge is 2.25. The molecule has 0 fully saturated rings. The molecule has 2 aliphatic rings. The topological polar surface area (TPSA) is 52.9 Å². The zero-order valence-corrected chi connectivity index (χ0v) is 10.4. The number of fused-ring (bicyclic) bond motifs is 1. The standard InChI is InChI=1S/C14H16N2O2/c1-9-7-14(18)16(15-9)11-5-6-12-10(8-11)3-2-4-13(12)17/h5-6,8,13,17H,2-4,7H2,1H3. The molecule has 1 unspecified atom stereocenters. The number of carbonyl (C=O) groups is 1. The minimum absolute atomic E-state index is 0.0174. The zero-order valence-electron chi connectivity index (χ0n) is 10.4.